The summed E-state index contributed by atoms with van der Waals surface area (Å²) in [5.41, 5.74) is 0.739. The second kappa shape index (κ2) is 5.13. The van der Waals surface area contributed by atoms with Crippen molar-refractivity contribution in [3.8, 4) is 0 Å². The van der Waals surface area contributed by atoms with Gasteiger partial charge in [0, 0.05) is 30.7 Å². The van der Waals surface area contributed by atoms with E-state index in [2.05, 4.69) is 44.8 Å². The minimum Gasteiger partial charge on any atom is -0.310 e. The van der Waals surface area contributed by atoms with Gasteiger partial charge in [-0.25, -0.2) is 0 Å². The van der Waals surface area contributed by atoms with Crippen LogP contribution in [0.4, 0.5) is 0 Å². The highest BCUT2D eigenvalue weighted by Gasteiger charge is 2.43. The predicted octanol–water partition coefficient (Wildman–Crippen LogP) is 3.42. The van der Waals surface area contributed by atoms with E-state index in [0.29, 0.717) is 17.0 Å². The highest BCUT2D eigenvalue weighted by Crippen LogP contribution is 2.35. The topological polar surface area (TPSA) is 15.3 Å². The zero-order valence-corrected chi connectivity index (χ0v) is 13.1. The first-order valence-corrected chi connectivity index (χ1v) is 7.87. The van der Waals surface area contributed by atoms with E-state index in [1.807, 2.05) is 0 Å². The Morgan fingerprint density at radius 1 is 1.22 bits per heavy atom. The molecule has 0 spiro atoms. The SMILES string of the molecule is CCC1(C)CNC(C(C)(C)C)CN1C1CCCC1. The summed E-state index contributed by atoms with van der Waals surface area (Å²) in [6.07, 6.45) is 6.98. The summed E-state index contributed by atoms with van der Waals surface area (Å²) in [6, 6.07) is 1.49. The van der Waals surface area contributed by atoms with Crippen molar-refractivity contribution >= 4 is 0 Å². The highest BCUT2D eigenvalue weighted by molar-refractivity contribution is 5.01. The van der Waals surface area contributed by atoms with Crippen molar-refractivity contribution in [2.75, 3.05) is 13.1 Å². The van der Waals surface area contributed by atoms with Crippen LogP contribution in [0.15, 0.2) is 0 Å². The van der Waals surface area contributed by atoms with E-state index in [0.717, 1.165) is 12.6 Å². The molecule has 1 aliphatic heterocycles. The largest absolute Gasteiger partial charge is 0.310 e. The summed E-state index contributed by atoms with van der Waals surface area (Å²) in [7, 11) is 0. The van der Waals surface area contributed by atoms with Crippen LogP contribution in [-0.2, 0) is 0 Å². The first-order valence-electron chi connectivity index (χ1n) is 7.87. The average Bonchev–Trinajstić information content (AvgIpc) is 2.81. The summed E-state index contributed by atoms with van der Waals surface area (Å²) in [5, 5.41) is 3.81. The van der Waals surface area contributed by atoms with E-state index in [1.54, 1.807) is 0 Å². The monoisotopic (exact) mass is 252 g/mol. The Morgan fingerprint density at radius 3 is 2.33 bits per heavy atom. The number of nitrogens with zero attached hydrogens (tertiary/aromatic N) is 1. The molecule has 2 atom stereocenters. The molecule has 0 aromatic carbocycles. The molecule has 1 aliphatic carbocycles. The quantitative estimate of drug-likeness (QED) is 0.810. The molecule has 1 saturated heterocycles. The number of piperazine rings is 1. The van der Waals surface area contributed by atoms with E-state index < -0.39 is 0 Å². The summed E-state index contributed by atoms with van der Waals surface area (Å²) >= 11 is 0. The first kappa shape index (κ1) is 14.3. The molecule has 1 N–H and O–H groups in total. The van der Waals surface area contributed by atoms with Crippen LogP contribution in [0.1, 0.15) is 66.7 Å². The van der Waals surface area contributed by atoms with Gasteiger partial charge in [-0.2, -0.15) is 0 Å². The third-order valence-corrected chi connectivity index (χ3v) is 5.37. The van der Waals surface area contributed by atoms with Gasteiger partial charge in [0.15, 0.2) is 0 Å². The van der Waals surface area contributed by atoms with Crippen molar-refractivity contribution < 1.29 is 0 Å². The van der Waals surface area contributed by atoms with Crippen LogP contribution in [0, 0.1) is 5.41 Å². The van der Waals surface area contributed by atoms with Crippen molar-refractivity contribution in [2.45, 2.75) is 84.3 Å². The zero-order valence-electron chi connectivity index (χ0n) is 13.1. The number of nitrogens with one attached hydrogen (secondary N) is 1. The molecule has 1 saturated carbocycles. The van der Waals surface area contributed by atoms with Gasteiger partial charge in [0.05, 0.1) is 0 Å². The lowest BCUT2D eigenvalue weighted by Crippen LogP contribution is -2.67. The molecule has 0 amide bonds. The minimum absolute atomic E-state index is 0.367. The number of rotatable bonds is 2. The lowest BCUT2D eigenvalue weighted by atomic mass is 9.81. The smallest absolute Gasteiger partial charge is 0.0306 e. The van der Waals surface area contributed by atoms with E-state index in [4.69, 9.17) is 0 Å². The molecule has 0 aromatic rings. The average molecular weight is 252 g/mol. The molecule has 2 heteroatoms. The molecular weight excluding hydrogens is 220 g/mol. The van der Waals surface area contributed by atoms with Crippen LogP contribution in [-0.4, -0.2) is 35.6 Å². The van der Waals surface area contributed by atoms with Crippen molar-refractivity contribution in [3.63, 3.8) is 0 Å². The van der Waals surface area contributed by atoms with E-state index in [-0.39, 0.29) is 0 Å². The summed E-state index contributed by atoms with van der Waals surface area (Å²) < 4.78 is 0. The zero-order chi connectivity index (χ0) is 13.4. The van der Waals surface area contributed by atoms with Gasteiger partial charge in [-0.15, -0.1) is 0 Å². The van der Waals surface area contributed by atoms with Crippen LogP contribution in [0.5, 0.6) is 0 Å². The third-order valence-electron chi connectivity index (χ3n) is 5.37. The maximum Gasteiger partial charge on any atom is 0.0306 e. The molecule has 2 unspecified atom stereocenters. The number of hydrogen-bond donors (Lipinski definition) is 1. The fourth-order valence-electron chi connectivity index (χ4n) is 3.64. The molecule has 2 fully saturated rings. The minimum atomic E-state index is 0.367. The fraction of sp³-hybridized carbons (Fsp3) is 1.00. The Hall–Kier alpha value is -0.0800. The maximum atomic E-state index is 3.81. The Morgan fingerprint density at radius 2 is 1.83 bits per heavy atom. The van der Waals surface area contributed by atoms with Gasteiger partial charge in [-0.1, -0.05) is 40.5 Å². The third kappa shape index (κ3) is 2.75. The summed E-state index contributed by atoms with van der Waals surface area (Å²) in [4.78, 5) is 2.85. The Bertz CT molecular complexity index is 275. The lowest BCUT2D eigenvalue weighted by molar-refractivity contribution is -0.00889. The van der Waals surface area contributed by atoms with Crippen molar-refractivity contribution in [3.05, 3.63) is 0 Å². The second-order valence-corrected chi connectivity index (χ2v) is 7.74. The molecule has 0 bridgehead atoms. The Kier molecular flexibility index (Phi) is 4.08. The number of hydrogen-bond acceptors (Lipinski definition) is 2. The molecular formula is C16H32N2. The second-order valence-electron chi connectivity index (χ2n) is 7.74. The Balaban J connectivity index is 2.13. The van der Waals surface area contributed by atoms with Gasteiger partial charge < -0.3 is 5.32 Å². The first-order chi connectivity index (χ1) is 8.37. The van der Waals surface area contributed by atoms with Crippen molar-refractivity contribution in [2.24, 2.45) is 5.41 Å². The van der Waals surface area contributed by atoms with E-state index >= 15 is 0 Å². The van der Waals surface area contributed by atoms with E-state index in [1.165, 1.54) is 38.6 Å². The summed E-state index contributed by atoms with van der Waals surface area (Å²) in [6.45, 7) is 14.3. The van der Waals surface area contributed by atoms with Crippen LogP contribution >= 0.6 is 0 Å². The van der Waals surface area contributed by atoms with Crippen LogP contribution in [0.25, 0.3) is 0 Å². The molecule has 0 radical (unpaired) electrons. The van der Waals surface area contributed by atoms with Gasteiger partial charge in [0.25, 0.3) is 0 Å². The molecule has 2 nitrogen and oxygen atoms in total. The van der Waals surface area contributed by atoms with Crippen molar-refractivity contribution in [1.82, 2.24) is 10.2 Å². The van der Waals surface area contributed by atoms with Gasteiger partial charge in [-0.3, -0.25) is 4.90 Å². The Labute approximate surface area is 114 Å². The van der Waals surface area contributed by atoms with Crippen LogP contribution in [0.2, 0.25) is 0 Å². The molecule has 18 heavy (non-hydrogen) atoms. The van der Waals surface area contributed by atoms with Crippen LogP contribution < -0.4 is 5.32 Å². The summed E-state index contributed by atoms with van der Waals surface area (Å²) in [5.74, 6) is 0. The molecule has 106 valence electrons. The molecule has 1 heterocycles. The van der Waals surface area contributed by atoms with Crippen molar-refractivity contribution in [1.29, 1.82) is 0 Å². The molecule has 0 aromatic heterocycles. The predicted molar refractivity (Wildman–Crippen MR) is 78.9 cm³/mol. The molecule has 2 rings (SSSR count). The van der Waals surface area contributed by atoms with Gasteiger partial charge >= 0.3 is 0 Å². The fourth-order valence-corrected chi connectivity index (χ4v) is 3.64. The normalized spacial score (nSPS) is 36.2. The van der Waals surface area contributed by atoms with Gasteiger partial charge in [-0.05, 0) is 31.6 Å². The van der Waals surface area contributed by atoms with Gasteiger partial charge in [0.1, 0.15) is 0 Å². The maximum absolute atomic E-state index is 3.81. The molecule has 2 aliphatic rings. The van der Waals surface area contributed by atoms with Crippen LogP contribution in [0.3, 0.4) is 0 Å². The highest BCUT2D eigenvalue weighted by atomic mass is 15.3. The van der Waals surface area contributed by atoms with Gasteiger partial charge in [0.2, 0.25) is 0 Å². The van der Waals surface area contributed by atoms with E-state index in [9.17, 15) is 0 Å². The standard InChI is InChI=1S/C16H32N2/c1-6-16(5)12-17-14(15(2,3)4)11-18(16)13-9-7-8-10-13/h13-14,17H,6-12H2,1-5H3. The lowest BCUT2D eigenvalue weighted by Gasteiger charge is -2.53.